The molecule has 0 atom stereocenters. The minimum absolute atomic E-state index is 0.274. The van der Waals surface area contributed by atoms with Gasteiger partial charge in [0.2, 0.25) is 0 Å². The van der Waals surface area contributed by atoms with Gasteiger partial charge in [-0.05, 0) is 26.3 Å². The Morgan fingerprint density at radius 1 is 1.42 bits per heavy atom. The van der Waals surface area contributed by atoms with E-state index in [2.05, 4.69) is 4.98 Å². The molecule has 0 unspecified atom stereocenters. The number of aryl methyl sites for hydroxylation is 1. The fourth-order valence-corrected chi connectivity index (χ4v) is 2.90. The highest BCUT2D eigenvalue weighted by Crippen LogP contribution is 2.24. The number of carbonyl (C=O) groups is 1. The van der Waals surface area contributed by atoms with Crippen LogP contribution < -0.4 is 11.2 Å². The number of hydrogen-bond donors (Lipinski definition) is 1. The third-order valence-corrected chi connectivity index (χ3v) is 3.88. The Morgan fingerprint density at radius 3 is 2.58 bits per heavy atom. The van der Waals surface area contributed by atoms with Crippen LogP contribution in [0.4, 0.5) is 4.39 Å². The lowest BCUT2D eigenvalue weighted by atomic mass is 10.1. The molecule has 0 aliphatic carbocycles. The summed E-state index contributed by atoms with van der Waals surface area (Å²) in [6.45, 7) is 3.89. The number of carbonyl (C=O) groups excluding carboxylic acids is 1. The number of aromatic amines is 1. The summed E-state index contributed by atoms with van der Waals surface area (Å²) in [6, 6.07) is 0. The SMILES string of the molecule is Cc1c(C=O)sc2[nH]c(=O)n(CC(C)(C)F)c(=O)c12. The first-order valence-electron chi connectivity index (χ1n) is 5.65. The Hall–Kier alpha value is -1.76. The number of thiophene rings is 1. The quantitative estimate of drug-likeness (QED) is 0.871. The maximum absolute atomic E-state index is 13.6. The summed E-state index contributed by atoms with van der Waals surface area (Å²) in [5.74, 6) is 0. The molecule has 102 valence electrons. The maximum Gasteiger partial charge on any atom is 0.329 e. The van der Waals surface area contributed by atoms with Crippen molar-refractivity contribution >= 4 is 27.8 Å². The molecule has 2 aromatic rings. The van der Waals surface area contributed by atoms with Crippen LogP contribution in [0.1, 0.15) is 29.1 Å². The number of rotatable bonds is 3. The number of alkyl halides is 1. The molecule has 2 heterocycles. The molecular formula is C12H13FN2O3S. The van der Waals surface area contributed by atoms with Crippen molar-refractivity contribution in [3.63, 3.8) is 0 Å². The van der Waals surface area contributed by atoms with Crippen LogP contribution in [-0.4, -0.2) is 21.5 Å². The third-order valence-electron chi connectivity index (χ3n) is 2.75. The molecule has 0 aliphatic heterocycles. The summed E-state index contributed by atoms with van der Waals surface area (Å²) in [4.78, 5) is 38.2. The second-order valence-electron chi connectivity index (χ2n) is 4.95. The van der Waals surface area contributed by atoms with Gasteiger partial charge in [-0.1, -0.05) is 0 Å². The average molecular weight is 284 g/mol. The average Bonchev–Trinajstić information content (AvgIpc) is 2.60. The Balaban J connectivity index is 2.81. The van der Waals surface area contributed by atoms with Crippen molar-refractivity contribution < 1.29 is 9.18 Å². The van der Waals surface area contributed by atoms with E-state index in [-0.39, 0.29) is 11.9 Å². The van der Waals surface area contributed by atoms with E-state index in [1.54, 1.807) is 6.92 Å². The van der Waals surface area contributed by atoms with E-state index < -0.39 is 16.9 Å². The molecule has 2 rings (SSSR count). The second kappa shape index (κ2) is 4.41. The van der Waals surface area contributed by atoms with Crippen LogP contribution in [0.15, 0.2) is 9.59 Å². The molecule has 0 saturated heterocycles. The molecule has 0 bridgehead atoms. The highest BCUT2D eigenvalue weighted by molar-refractivity contribution is 7.20. The van der Waals surface area contributed by atoms with E-state index in [4.69, 9.17) is 0 Å². The van der Waals surface area contributed by atoms with Gasteiger partial charge >= 0.3 is 5.69 Å². The van der Waals surface area contributed by atoms with Gasteiger partial charge < -0.3 is 0 Å². The van der Waals surface area contributed by atoms with Crippen LogP contribution >= 0.6 is 11.3 Å². The Labute approximate surface area is 111 Å². The van der Waals surface area contributed by atoms with Crippen molar-refractivity contribution in [1.82, 2.24) is 9.55 Å². The molecule has 0 aromatic carbocycles. The topological polar surface area (TPSA) is 71.9 Å². The van der Waals surface area contributed by atoms with E-state index in [1.807, 2.05) is 0 Å². The van der Waals surface area contributed by atoms with Crippen LogP contribution in [0.2, 0.25) is 0 Å². The van der Waals surface area contributed by atoms with Gasteiger partial charge in [0.1, 0.15) is 10.5 Å². The van der Waals surface area contributed by atoms with Crippen molar-refractivity contribution in [2.45, 2.75) is 33.0 Å². The standard InChI is InChI=1S/C12H13FN2O3S/c1-6-7(4-16)19-9-8(6)10(17)15(11(18)14-9)5-12(2,3)13/h4H,5H2,1-3H3,(H,14,18). The summed E-state index contributed by atoms with van der Waals surface area (Å²) < 4.78 is 14.5. The highest BCUT2D eigenvalue weighted by atomic mass is 32.1. The fourth-order valence-electron chi connectivity index (χ4n) is 1.90. The lowest BCUT2D eigenvalue weighted by Crippen LogP contribution is -2.40. The first-order chi connectivity index (χ1) is 8.74. The fraction of sp³-hybridized carbons (Fsp3) is 0.417. The first-order valence-corrected chi connectivity index (χ1v) is 6.46. The third kappa shape index (κ3) is 2.37. The van der Waals surface area contributed by atoms with E-state index in [0.29, 0.717) is 21.6 Å². The summed E-state index contributed by atoms with van der Waals surface area (Å²) in [6.07, 6.45) is 0.640. The largest absolute Gasteiger partial charge is 0.329 e. The van der Waals surface area contributed by atoms with Crippen LogP contribution in [0, 0.1) is 6.92 Å². The molecule has 0 radical (unpaired) electrons. The Kier molecular flexibility index (Phi) is 3.17. The van der Waals surface area contributed by atoms with E-state index in [0.717, 1.165) is 15.9 Å². The molecule has 1 N–H and O–H groups in total. The number of hydrogen-bond acceptors (Lipinski definition) is 4. The van der Waals surface area contributed by atoms with Gasteiger partial charge in [-0.25, -0.2) is 9.18 Å². The number of fused-ring (bicyclic) bond motifs is 1. The van der Waals surface area contributed by atoms with E-state index in [1.165, 1.54) is 13.8 Å². The molecule has 0 spiro atoms. The second-order valence-corrected chi connectivity index (χ2v) is 6.01. The maximum atomic E-state index is 13.6. The number of halogens is 1. The zero-order chi connectivity index (χ0) is 14.4. The molecule has 0 aliphatic rings. The van der Waals surface area contributed by atoms with Gasteiger partial charge in [-0.3, -0.25) is 19.1 Å². The molecule has 0 saturated carbocycles. The van der Waals surface area contributed by atoms with Gasteiger partial charge in [0.05, 0.1) is 16.8 Å². The monoisotopic (exact) mass is 284 g/mol. The minimum atomic E-state index is -1.68. The molecule has 7 heteroatoms. The highest BCUT2D eigenvalue weighted by Gasteiger charge is 2.21. The van der Waals surface area contributed by atoms with Crippen LogP contribution in [0.25, 0.3) is 10.2 Å². The van der Waals surface area contributed by atoms with Gasteiger partial charge in [0.25, 0.3) is 5.56 Å². The number of aldehydes is 1. The molecule has 5 nitrogen and oxygen atoms in total. The van der Waals surface area contributed by atoms with Crippen LogP contribution in [0.3, 0.4) is 0 Å². The van der Waals surface area contributed by atoms with Crippen molar-refractivity contribution in [3.05, 3.63) is 31.3 Å². The van der Waals surface area contributed by atoms with Gasteiger partial charge in [0.15, 0.2) is 6.29 Å². The lowest BCUT2D eigenvalue weighted by molar-refractivity contribution is 0.112. The van der Waals surface area contributed by atoms with Gasteiger partial charge in [-0.2, -0.15) is 0 Å². The zero-order valence-corrected chi connectivity index (χ0v) is 11.6. The van der Waals surface area contributed by atoms with Crippen LogP contribution in [0.5, 0.6) is 0 Å². The molecule has 0 amide bonds. The summed E-state index contributed by atoms with van der Waals surface area (Å²) in [7, 11) is 0. The predicted molar refractivity (Wildman–Crippen MR) is 72.0 cm³/mol. The minimum Gasteiger partial charge on any atom is -0.298 e. The zero-order valence-electron chi connectivity index (χ0n) is 10.7. The Morgan fingerprint density at radius 2 is 2.05 bits per heavy atom. The molecule has 19 heavy (non-hydrogen) atoms. The van der Waals surface area contributed by atoms with Crippen molar-refractivity contribution in [1.29, 1.82) is 0 Å². The Bertz CT molecular complexity index is 764. The number of H-pyrrole nitrogens is 1. The number of nitrogens with one attached hydrogen (secondary N) is 1. The molecule has 0 fully saturated rings. The molecular weight excluding hydrogens is 271 g/mol. The van der Waals surface area contributed by atoms with Gasteiger partial charge in [-0.15, -0.1) is 11.3 Å². The number of nitrogens with zero attached hydrogens (tertiary/aromatic N) is 1. The normalized spacial score (nSPS) is 12.0. The van der Waals surface area contributed by atoms with Crippen molar-refractivity contribution in [2.75, 3.05) is 0 Å². The summed E-state index contributed by atoms with van der Waals surface area (Å²) in [5, 5.41) is 0.274. The van der Waals surface area contributed by atoms with Crippen molar-refractivity contribution in [2.24, 2.45) is 0 Å². The summed E-state index contributed by atoms with van der Waals surface area (Å²) in [5.41, 5.74) is -2.39. The lowest BCUT2D eigenvalue weighted by Gasteiger charge is -2.14. The van der Waals surface area contributed by atoms with Gasteiger partial charge in [0, 0.05) is 0 Å². The van der Waals surface area contributed by atoms with Crippen molar-refractivity contribution in [3.8, 4) is 0 Å². The molecule has 2 aromatic heterocycles. The van der Waals surface area contributed by atoms with E-state index >= 15 is 0 Å². The smallest absolute Gasteiger partial charge is 0.298 e. The van der Waals surface area contributed by atoms with Crippen LogP contribution in [-0.2, 0) is 6.54 Å². The summed E-state index contributed by atoms with van der Waals surface area (Å²) >= 11 is 1.05. The first kappa shape index (κ1) is 13.7. The number of aromatic nitrogens is 2. The van der Waals surface area contributed by atoms with E-state index in [9.17, 15) is 18.8 Å². The predicted octanol–water partition coefficient (Wildman–Crippen LogP) is 1.62.